The maximum absolute atomic E-state index is 12.7. The van der Waals surface area contributed by atoms with Crippen molar-refractivity contribution in [2.24, 2.45) is 5.92 Å². The van der Waals surface area contributed by atoms with Gasteiger partial charge in [-0.3, -0.25) is 9.59 Å². The summed E-state index contributed by atoms with van der Waals surface area (Å²) in [6, 6.07) is 6.12. The van der Waals surface area contributed by atoms with Crippen molar-refractivity contribution in [3.8, 4) is 0 Å². The Labute approximate surface area is 153 Å². The summed E-state index contributed by atoms with van der Waals surface area (Å²) < 4.78 is 0. The number of benzene rings is 1. The number of nitrogens with zero attached hydrogens (tertiary/aromatic N) is 2. The van der Waals surface area contributed by atoms with Crippen LogP contribution in [0, 0.1) is 5.92 Å². The van der Waals surface area contributed by atoms with E-state index in [2.05, 4.69) is 0 Å². The van der Waals surface area contributed by atoms with Crippen LogP contribution in [0.4, 0.5) is 0 Å². The van der Waals surface area contributed by atoms with Crippen LogP contribution in [0.2, 0.25) is 0 Å². The van der Waals surface area contributed by atoms with E-state index < -0.39 is 5.97 Å². The fourth-order valence-electron chi connectivity index (χ4n) is 3.93. The summed E-state index contributed by atoms with van der Waals surface area (Å²) in [6.07, 6.45) is 6.16. The molecule has 140 valence electrons. The Morgan fingerprint density at radius 2 is 1.58 bits per heavy atom. The number of carbonyl (C=O) groups is 3. The van der Waals surface area contributed by atoms with Gasteiger partial charge in [-0.05, 0) is 43.4 Å². The Balaban J connectivity index is 1.59. The van der Waals surface area contributed by atoms with Gasteiger partial charge < -0.3 is 14.9 Å². The minimum Gasteiger partial charge on any atom is -0.478 e. The first-order valence-electron chi connectivity index (χ1n) is 9.45. The summed E-state index contributed by atoms with van der Waals surface area (Å²) in [7, 11) is 0. The van der Waals surface area contributed by atoms with Crippen molar-refractivity contribution < 1.29 is 19.5 Å². The van der Waals surface area contributed by atoms with Crippen LogP contribution in [-0.4, -0.2) is 58.9 Å². The highest BCUT2D eigenvalue weighted by atomic mass is 16.4. The molecule has 0 spiro atoms. The van der Waals surface area contributed by atoms with E-state index in [1.165, 1.54) is 25.0 Å². The van der Waals surface area contributed by atoms with Gasteiger partial charge in [-0.1, -0.05) is 18.9 Å². The molecule has 0 unspecified atom stereocenters. The number of rotatable bonds is 4. The van der Waals surface area contributed by atoms with Gasteiger partial charge in [0.2, 0.25) is 5.91 Å². The first-order valence-corrected chi connectivity index (χ1v) is 9.45. The van der Waals surface area contributed by atoms with Crippen molar-refractivity contribution in [2.75, 3.05) is 26.2 Å². The highest BCUT2D eigenvalue weighted by Gasteiger charge is 2.26. The molecule has 0 aromatic heterocycles. The van der Waals surface area contributed by atoms with Gasteiger partial charge in [0.25, 0.3) is 5.91 Å². The topological polar surface area (TPSA) is 77.9 Å². The van der Waals surface area contributed by atoms with Gasteiger partial charge in [0, 0.05) is 38.2 Å². The molecule has 26 heavy (non-hydrogen) atoms. The lowest BCUT2D eigenvalue weighted by molar-refractivity contribution is -0.132. The van der Waals surface area contributed by atoms with Crippen LogP contribution in [0.5, 0.6) is 0 Å². The Kier molecular flexibility index (Phi) is 5.91. The van der Waals surface area contributed by atoms with Crippen LogP contribution in [0.3, 0.4) is 0 Å². The molecule has 1 heterocycles. The normalized spacial score (nSPS) is 18.6. The van der Waals surface area contributed by atoms with Crippen LogP contribution >= 0.6 is 0 Å². The first kappa shape index (κ1) is 18.4. The minimum absolute atomic E-state index is 0.110. The third-order valence-corrected chi connectivity index (χ3v) is 5.43. The zero-order valence-electron chi connectivity index (χ0n) is 15.0. The average Bonchev–Trinajstić information content (AvgIpc) is 3.02. The fourth-order valence-corrected chi connectivity index (χ4v) is 3.93. The second-order valence-corrected chi connectivity index (χ2v) is 7.27. The van der Waals surface area contributed by atoms with Gasteiger partial charge in [-0.25, -0.2) is 4.79 Å². The van der Waals surface area contributed by atoms with Crippen molar-refractivity contribution in [1.29, 1.82) is 0 Å². The highest BCUT2D eigenvalue weighted by Crippen LogP contribution is 2.28. The quantitative estimate of drug-likeness (QED) is 0.897. The highest BCUT2D eigenvalue weighted by molar-refractivity contribution is 5.97. The molecule has 1 aliphatic carbocycles. The van der Waals surface area contributed by atoms with E-state index >= 15 is 0 Å². The smallest absolute Gasteiger partial charge is 0.335 e. The molecular formula is C20H26N2O4. The monoisotopic (exact) mass is 358 g/mol. The van der Waals surface area contributed by atoms with Crippen LogP contribution in [-0.2, 0) is 4.79 Å². The number of amides is 2. The summed E-state index contributed by atoms with van der Waals surface area (Å²) in [4.78, 5) is 40.0. The molecule has 2 fully saturated rings. The molecular weight excluding hydrogens is 332 g/mol. The van der Waals surface area contributed by atoms with Crippen molar-refractivity contribution >= 4 is 17.8 Å². The van der Waals surface area contributed by atoms with Crippen LogP contribution < -0.4 is 0 Å². The Bertz CT molecular complexity index is 682. The van der Waals surface area contributed by atoms with Crippen molar-refractivity contribution in [3.05, 3.63) is 35.4 Å². The molecule has 2 amide bonds. The molecule has 1 aliphatic heterocycles. The Hall–Kier alpha value is -2.37. The Morgan fingerprint density at radius 1 is 0.923 bits per heavy atom. The summed E-state index contributed by atoms with van der Waals surface area (Å²) >= 11 is 0. The molecule has 1 N–H and O–H groups in total. The zero-order chi connectivity index (χ0) is 18.5. The number of hydrogen-bond donors (Lipinski definition) is 1. The lowest BCUT2D eigenvalue weighted by Crippen LogP contribution is -2.37. The molecule has 1 saturated carbocycles. The van der Waals surface area contributed by atoms with E-state index in [1.807, 2.05) is 4.90 Å². The van der Waals surface area contributed by atoms with Gasteiger partial charge in [-0.15, -0.1) is 0 Å². The van der Waals surface area contributed by atoms with Gasteiger partial charge in [0.05, 0.1) is 5.56 Å². The number of carboxylic acids is 1. The number of aromatic carboxylic acids is 1. The van der Waals surface area contributed by atoms with Gasteiger partial charge in [0.15, 0.2) is 0 Å². The maximum atomic E-state index is 12.7. The van der Waals surface area contributed by atoms with Gasteiger partial charge in [-0.2, -0.15) is 0 Å². The largest absolute Gasteiger partial charge is 0.478 e. The summed E-state index contributed by atoms with van der Waals surface area (Å²) in [6.45, 7) is 2.32. The van der Waals surface area contributed by atoms with Gasteiger partial charge in [0.1, 0.15) is 0 Å². The van der Waals surface area contributed by atoms with E-state index in [1.54, 1.807) is 17.0 Å². The van der Waals surface area contributed by atoms with E-state index in [0.29, 0.717) is 44.1 Å². The van der Waals surface area contributed by atoms with Crippen LogP contribution in [0.1, 0.15) is 59.2 Å². The molecule has 1 aromatic rings. The molecule has 0 atom stereocenters. The fraction of sp³-hybridized carbons (Fsp3) is 0.550. The van der Waals surface area contributed by atoms with Crippen molar-refractivity contribution in [3.63, 3.8) is 0 Å². The zero-order valence-corrected chi connectivity index (χ0v) is 15.0. The van der Waals surface area contributed by atoms with E-state index in [4.69, 9.17) is 5.11 Å². The van der Waals surface area contributed by atoms with Crippen molar-refractivity contribution in [2.45, 2.75) is 38.5 Å². The number of hydrogen-bond acceptors (Lipinski definition) is 3. The number of carbonyl (C=O) groups excluding carboxylic acids is 2. The van der Waals surface area contributed by atoms with E-state index in [9.17, 15) is 14.4 Å². The first-order chi connectivity index (χ1) is 12.5. The molecule has 0 radical (unpaired) electrons. The molecule has 2 aliphatic rings. The summed E-state index contributed by atoms with van der Waals surface area (Å²) in [5.41, 5.74) is 0.495. The second kappa shape index (κ2) is 8.34. The molecule has 3 rings (SSSR count). The van der Waals surface area contributed by atoms with Crippen LogP contribution in [0.25, 0.3) is 0 Å². The SMILES string of the molecule is O=C(O)c1cccc(C(=O)N2CCCN(C(=O)CC3CCCC3)CC2)c1. The van der Waals surface area contributed by atoms with Gasteiger partial charge >= 0.3 is 5.97 Å². The van der Waals surface area contributed by atoms with E-state index in [0.717, 1.165) is 19.3 Å². The second-order valence-electron chi connectivity index (χ2n) is 7.27. The predicted octanol–water partition coefficient (Wildman–Crippen LogP) is 2.64. The molecule has 0 bridgehead atoms. The van der Waals surface area contributed by atoms with E-state index in [-0.39, 0.29) is 17.4 Å². The standard InChI is InChI=1S/C20H26N2O4/c23-18(13-15-5-1-2-6-15)21-9-4-10-22(12-11-21)19(24)16-7-3-8-17(14-16)20(25)26/h3,7-8,14-15H,1-2,4-6,9-13H2,(H,25,26). The predicted molar refractivity (Wildman–Crippen MR) is 97.1 cm³/mol. The molecule has 1 saturated heterocycles. The third-order valence-electron chi connectivity index (χ3n) is 5.43. The maximum Gasteiger partial charge on any atom is 0.335 e. The molecule has 1 aromatic carbocycles. The molecule has 6 heteroatoms. The van der Waals surface area contributed by atoms with Crippen LogP contribution in [0.15, 0.2) is 24.3 Å². The minimum atomic E-state index is -1.04. The Morgan fingerprint density at radius 3 is 2.31 bits per heavy atom. The summed E-state index contributed by atoms with van der Waals surface area (Å²) in [5.74, 6) is -0.473. The number of carboxylic acid groups (broad SMARTS) is 1. The lowest BCUT2D eigenvalue weighted by Gasteiger charge is -2.23. The third kappa shape index (κ3) is 4.42. The average molecular weight is 358 g/mol. The summed E-state index contributed by atoms with van der Waals surface area (Å²) in [5, 5.41) is 9.09. The molecule has 6 nitrogen and oxygen atoms in total. The lowest BCUT2D eigenvalue weighted by atomic mass is 10.0. The van der Waals surface area contributed by atoms with Crippen molar-refractivity contribution in [1.82, 2.24) is 9.80 Å².